The zero-order valence-corrected chi connectivity index (χ0v) is 14.9. The third-order valence-electron chi connectivity index (χ3n) is 5.17. The summed E-state index contributed by atoms with van der Waals surface area (Å²) < 4.78 is 5.11. The number of likely N-dealkylation sites (N-methyl/N-ethyl adjacent to an activating group) is 1. The lowest BCUT2D eigenvalue weighted by molar-refractivity contribution is 0.149. The zero-order valence-electron chi connectivity index (χ0n) is 14.9. The van der Waals surface area contributed by atoms with Crippen molar-refractivity contribution in [3.05, 3.63) is 0 Å². The number of methoxy groups -OCH3 is 1. The zero-order chi connectivity index (χ0) is 16.5. The molecule has 6 nitrogen and oxygen atoms in total. The van der Waals surface area contributed by atoms with Crippen LogP contribution in [0, 0.1) is 5.92 Å². The molecule has 0 saturated carbocycles. The maximum absolute atomic E-state index is 11.5. The summed E-state index contributed by atoms with van der Waals surface area (Å²) in [6, 6.07) is 0.109. The van der Waals surface area contributed by atoms with Crippen molar-refractivity contribution in [1.82, 2.24) is 20.0 Å². The van der Waals surface area contributed by atoms with Crippen molar-refractivity contribution in [3.8, 4) is 0 Å². The van der Waals surface area contributed by atoms with Crippen LogP contribution >= 0.6 is 0 Å². The minimum absolute atomic E-state index is 0.109. The first-order valence-corrected chi connectivity index (χ1v) is 9.11. The van der Waals surface area contributed by atoms with Gasteiger partial charge in [0.2, 0.25) is 0 Å². The molecule has 2 amide bonds. The number of likely N-dealkylation sites (tertiary alicyclic amines) is 1. The van der Waals surface area contributed by atoms with Gasteiger partial charge in [-0.3, -0.25) is 0 Å². The molecule has 0 aromatic rings. The van der Waals surface area contributed by atoms with Crippen molar-refractivity contribution in [1.29, 1.82) is 0 Å². The van der Waals surface area contributed by atoms with Crippen LogP contribution in [0.25, 0.3) is 0 Å². The molecule has 0 radical (unpaired) electrons. The van der Waals surface area contributed by atoms with Crippen LogP contribution in [0.5, 0.6) is 0 Å². The molecule has 0 aromatic heterocycles. The number of rotatable bonds is 10. The van der Waals surface area contributed by atoms with Crippen molar-refractivity contribution in [3.63, 3.8) is 0 Å². The summed E-state index contributed by atoms with van der Waals surface area (Å²) in [4.78, 5) is 18.3. The van der Waals surface area contributed by atoms with Crippen molar-refractivity contribution in [2.75, 3.05) is 73.1 Å². The molecule has 134 valence electrons. The van der Waals surface area contributed by atoms with E-state index in [1.165, 1.54) is 45.3 Å². The molecule has 6 heteroatoms. The Balaban J connectivity index is 1.51. The van der Waals surface area contributed by atoms with Crippen LogP contribution < -0.4 is 5.32 Å². The predicted octanol–water partition coefficient (Wildman–Crippen LogP) is 1.08. The van der Waals surface area contributed by atoms with E-state index in [1.54, 1.807) is 7.11 Å². The minimum atomic E-state index is 0.109. The number of urea groups is 1. The van der Waals surface area contributed by atoms with Gasteiger partial charge in [-0.25, -0.2) is 4.79 Å². The van der Waals surface area contributed by atoms with Gasteiger partial charge in [-0.1, -0.05) is 0 Å². The van der Waals surface area contributed by atoms with Gasteiger partial charge in [0.25, 0.3) is 0 Å². The average Bonchev–Trinajstić information content (AvgIpc) is 2.97. The fourth-order valence-electron chi connectivity index (χ4n) is 3.49. The molecule has 1 N–H and O–H groups in total. The smallest absolute Gasteiger partial charge is 0.317 e. The van der Waals surface area contributed by atoms with Crippen LogP contribution in [-0.2, 0) is 4.74 Å². The topological polar surface area (TPSA) is 48.1 Å². The van der Waals surface area contributed by atoms with Crippen LogP contribution in [0.15, 0.2) is 0 Å². The Kier molecular flexibility index (Phi) is 8.12. The molecule has 0 aliphatic carbocycles. The van der Waals surface area contributed by atoms with Crippen LogP contribution in [0.4, 0.5) is 4.79 Å². The molecule has 2 fully saturated rings. The largest absolute Gasteiger partial charge is 0.383 e. The minimum Gasteiger partial charge on any atom is -0.383 e. The van der Waals surface area contributed by atoms with Crippen molar-refractivity contribution in [2.24, 2.45) is 5.92 Å². The highest BCUT2D eigenvalue weighted by Crippen LogP contribution is 2.21. The van der Waals surface area contributed by atoms with Gasteiger partial charge in [0, 0.05) is 39.8 Å². The van der Waals surface area contributed by atoms with Crippen molar-refractivity contribution < 1.29 is 9.53 Å². The summed E-state index contributed by atoms with van der Waals surface area (Å²) in [5.41, 5.74) is 0. The Morgan fingerprint density at radius 2 is 2.00 bits per heavy atom. The molecule has 2 saturated heterocycles. The van der Waals surface area contributed by atoms with E-state index >= 15 is 0 Å². The third-order valence-corrected chi connectivity index (χ3v) is 5.17. The summed E-state index contributed by atoms with van der Waals surface area (Å²) in [7, 11) is 3.94. The van der Waals surface area contributed by atoms with Gasteiger partial charge in [-0.15, -0.1) is 0 Å². The van der Waals surface area contributed by atoms with Gasteiger partial charge in [0.05, 0.1) is 6.61 Å². The molecule has 0 aromatic carbocycles. The number of hydrogen-bond donors (Lipinski definition) is 1. The fraction of sp³-hybridized carbons (Fsp3) is 0.941. The number of hydrogen-bond acceptors (Lipinski definition) is 4. The van der Waals surface area contributed by atoms with Gasteiger partial charge < -0.3 is 24.8 Å². The summed E-state index contributed by atoms with van der Waals surface area (Å²) in [6.07, 6.45) is 5.26. The first-order valence-electron chi connectivity index (χ1n) is 9.11. The maximum atomic E-state index is 11.5. The van der Waals surface area contributed by atoms with Crippen LogP contribution in [0.1, 0.15) is 25.7 Å². The van der Waals surface area contributed by atoms with Crippen LogP contribution in [-0.4, -0.2) is 93.9 Å². The number of ether oxygens (including phenoxy) is 1. The Bertz CT molecular complexity index is 345. The SMILES string of the molecule is COCCN(C)CCCC1CCN(CCN2CCNC2=O)CC1. The van der Waals surface area contributed by atoms with E-state index in [9.17, 15) is 4.79 Å². The summed E-state index contributed by atoms with van der Waals surface area (Å²) in [5, 5.41) is 2.87. The number of nitrogens with zero attached hydrogens (tertiary/aromatic N) is 3. The summed E-state index contributed by atoms with van der Waals surface area (Å²) in [5.74, 6) is 0.886. The number of nitrogens with one attached hydrogen (secondary N) is 1. The standard InChI is InChI=1S/C17H34N4O2/c1-19(14-15-23-2)8-3-4-16-5-9-20(10-6-16)12-13-21-11-7-18-17(21)22/h16H,3-15H2,1-2H3,(H,18,22). The lowest BCUT2D eigenvalue weighted by atomic mass is 9.92. The number of carbonyl (C=O) groups excluding carboxylic acids is 1. The van der Waals surface area contributed by atoms with E-state index in [2.05, 4.69) is 22.2 Å². The molecular weight excluding hydrogens is 292 g/mol. The normalized spacial score (nSPS) is 20.5. The molecule has 2 rings (SSSR count). The van der Waals surface area contributed by atoms with Gasteiger partial charge in [-0.05, 0) is 58.3 Å². The van der Waals surface area contributed by atoms with Gasteiger partial charge >= 0.3 is 6.03 Å². The number of piperidine rings is 1. The highest BCUT2D eigenvalue weighted by molar-refractivity contribution is 5.76. The highest BCUT2D eigenvalue weighted by Gasteiger charge is 2.22. The van der Waals surface area contributed by atoms with Crippen LogP contribution in [0.3, 0.4) is 0 Å². The quantitative estimate of drug-likeness (QED) is 0.653. The molecule has 0 atom stereocenters. The second-order valence-electron chi connectivity index (χ2n) is 6.94. The molecule has 0 spiro atoms. The molecule has 0 unspecified atom stereocenters. The number of amides is 2. The second kappa shape index (κ2) is 10.1. The molecular formula is C17H34N4O2. The Labute approximate surface area is 141 Å². The van der Waals surface area contributed by atoms with Crippen molar-refractivity contribution >= 4 is 6.03 Å². The van der Waals surface area contributed by atoms with E-state index in [0.717, 1.165) is 45.2 Å². The Morgan fingerprint density at radius 3 is 2.65 bits per heavy atom. The first-order chi connectivity index (χ1) is 11.2. The molecule has 23 heavy (non-hydrogen) atoms. The molecule has 2 heterocycles. The monoisotopic (exact) mass is 326 g/mol. The van der Waals surface area contributed by atoms with Gasteiger partial charge in [0.15, 0.2) is 0 Å². The highest BCUT2D eigenvalue weighted by atomic mass is 16.5. The molecule has 2 aliphatic rings. The Morgan fingerprint density at radius 1 is 1.22 bits per heavy atom. The number of carbonyl (C=O) groups is 1. The fourth-order valence-corrected chi connectivity index (χ4v) is 3.49. The van der Waals surface area contributed by atoms with E-state index in [1.807, 2.05) is 4.90 Å². The second-order valence-corrected chi connectivity index (χ2v) is 6.94. The third kappa shape index (κ3) is 6.65. The summed E-state index contributed by atoms with van der Waals surface area (Å²) in [6.45, 7) is 8.99. The molecule has 0 bridgehead atoms. The lowest BCUT2D eigenvalue weighted by Crippen LogP contribution is -2.40. The van der Waals surface area contributed by atoms with Gasteiger partial charge in [0.1, 0.15) is 0 Å². The first kappa shape index (κ1) is 18.5. The van der Waals surface area contributed by atoms with Crippen LogP contribution in [0.2, 0.25) is 0 Å². The van der Waals surface area contributed by atoms with Crippen molar-refractivity contribution in [2.45, 2.75) is 25.7 Å². The lowest BCUT2D eigenvalue weighted by Gasteiger charge is -2.33. The summed E-state index contributed by atoms with van der Waals surface area (Å²) >= 11 is 0. The Hall–Kier alpha value is -0.850. The van der Waals surface area contributed by atoms with E-state index < -0.39 is 0 Å². The molecule has 2 aliphatic heterocycles. The van der Waals surface area contributed by atoms with E-state index in [0.29, 0.717) is 0 Å². The van der Waals surface area contributed by atoms with E-state index in [-0.39, 0.29) is 6.03 Å². The van der Waals surface area contributed by atoms with Gasteiger partial charge in [-0.2, -0.15) is 0 Å². The maximum Gasteiger partial charge on any atom is 0.317 e. The average molecular weight is 326 g/mol. The predicted molar refractivity (Wildman–Crippen MR) is 92.7 cm³/mol. The van der Waals surface area contributed by atoms with E-state index in [4.69, 9.17) is 4.74 Å².